The Morgan fingerprint density at radius 1 is 1.10 bits per heavy atom. The average Bonchev–Trinajstić information content (AvgIpc) is 3.21. The predicted molar refractivity (Wildman–Crippen MR) is 117 cm³/mol. The molecule has 1 aliphatic rings. The Labute approximate surface area is 180 Å². The van der Waals surface area contributed by atoms with Crippen LogP contribution in [0.4, 0.5) is 5.69 Å². The molecule has 6 nitrogen and oxygen atoms in total. The number of nitrogens with zero attached hydrogens (tertiary/aromatic N) is 4. The van der Waals surface area contributed by atoms with Gasteiger partial charge in [0.15, 0.2) is 0 Å². The van der Waals surface area contributed by atoms with Crippen molar-refractivity contribution in [2.45, 2.75) is 6.42 Å². The highest BCUT2D eigenvalue weighted by atomic mass is 35.5. The number of amides is 1. The van der Waals surface area contributed by atoms with Crippen molar-refractivity contribution < 1.29 is 4.79 Å². The monoisotopic (exact) mass is 431 g/mol. The molecule has 3 aromatic rings. The number of halogens is 2. The van der Waals surface area contributed by atoms with E-state index in [-0.39, 0.29) is 5.91 Å². The maximum absolute atomic E-state index is 12.3. The minimum atomic E-state index is -0.0471. The van der Waals surface area contributed by atoms with Crippen molar-refractivity contribution in [3.05, 3.63) is 64.4 Å². The largest absolute Gasteiger partial charge is 0.368 e. The molecule has 1 aromatic carbocycles. The van der Waals surface area contributed by atoms with Gasteiger partial charge in [0.25, 0.3) is 5.91 Å². The molecule has 1 aliphatic heterocycles. The van der Waals surface area contributed by atoms with Gasteiger partial charge in [0.05, 0.1) is 21.2 Å². The number of piperazine rings is 1. The number of nitrogens with one attached hydrogen (secondary N) is 1. The van der Waals surface area contributed by atoms with Crippen LogP contribution < -0.4 is 10.2 Å². The summed E-state index contributed by atoms with van der Waals surface area (Å²) in [5.41, 5.74) is 2.57. The molecule has 1 fully saturated rings. The molecule has 0 aliphatic carbocycles. The van der Waals surface area contributed by atoms with Crippen molar-refractivity contribution in [2.75, 3.05) is 44.2 Å². The van der Waals surface area contributed by atoms with Crippen LogP contribution >= 0.6 is 23.2 Å². The SMILES string of the molecule is O=C(NCCCN1CCN(c2cccc(Cl)c2Cl)CC1)c1ccn2nccc2c1. The molecule has 0 spiro atoms. The van der Waals surface area contributed by atoms with Crippen molar-refractivity contribution in [1.29, 1.82) is 0 Å². The van der Waals surface area contributed by atoms with Crippen LogP contribution in [0.5, 0.6) is 0 Å². The van der Waals surface area contributed by atoms with E-state index >= 15 is 0 Å². The summed E-state index contributed by atoms with van der Waals surface area (Å²) in [6.45, 7) is 5.38. The number of carbonyl (C=O) groups excluding carboxylic acids is 1. The number of hydrogen-bond acceptors (Lipinski definition) is 4. The number of anilines is 1. The van der Waals surface area contributed by atoms with Crippen LogP contribution in [0.3, 0.4) is 0 Å². The first-order valence-electron chi connectivity index (χ1n) is 9.75. The fourth-order valence-electron chi connectivity index (χ4n) is 3.62. The molecule has 0 saturated carbocycles. The topological polar surface area (TPSA) is 52.9 Å². The maximum Gasteiger partial charge on any atom is 0.251 e. The molecule has 0 bridgehead atoms. The van der Waals surface area contributed by atoms with Crippen LogP contribution in [-0.2, 0) is 0 Å². The molecule has 4 rings (SSSR count). The first-order valence-corrected chi connectivity index (χ1v) is 10.5. The van der Waals surface area contributed by atoms with Gasteiger partial charge in [-0.15, -0.1) is 0 Å². The average molecular weight is 432 g/mol. The summed E-state index contributed by atoms with van der Waals surface area (Å²) in [6.07, 6.45) is 4.44. The van der Waals surface area contributed by atoms with Gasteiger partial charge in [-0.25, -0.2) is 4.52 Å². The molecule has 29 heavy (non-hydrogen) atoms. The molecule has 0 radical (unpaired) electrons. The van der Waals surface area contributed by atoms with Gasteiger partial charge >= 0.3 is 0 Å². The summed E-state index contributed by atoms with van der Waals surface area (Å²) in [4.78, 5) is 17.0. The molecule has 3 heterocycles. The zero-order chi connectivity index (χ0) is 20.2. The number of fused-ring (bicyclic) bond motifs is 1. The lowest BCUT2D eigenvalue weighted by molar-refractivity contribution is 0.0951. The quantitative estimate of drug-likeness (QED) is 0.605. The highest BCUT2D eigenvalue weighted by molar-refractivity contribution is 6.43. The third-order valence-corrected chi connectivity index (χ3v) is 6.05. The Bertz CT molecular complexity index is 998. The first-order chi connectivity index (χ1) is 14.1. The summed E-state index contributed by atoms with van der Waals surface area (Å²) in [5, 5.41) is 8.36. The Kier molecular flexibility index (Phi) is 6.23. The second kappa shape index (κ2) is 9.03. The zero-order valence-electron chi connectivity index (χ0n) is 16.0. The molecule has 1 N–H and O–H groups in total. The van der Waals surface area contributed by atoms with E-state index in [2.05, 4.69) is 20.2 Å². The molecule has 1 saturated heterocycles. The van der Waals surface area contributed by atoms with Crippen LogP contribution in [0.15, 0.2) is 48.8 Å². The van der Waals surface area contributed by atoms with E-state index in [1.54, 1.807) is 23.0 Å². The molecule has 0 unspecified atom stereocenters. The second-order valence-electron chi connectivity index (χ2n) is 7.13. The number of carbonyl (C=O) groups is 1. The lowest BCUT2D eigenvalue weighted by Crippen LogP contribution is -2.47. The Morgan fingerprint density at radius 3 is 2.76 bits per heavy atom. The van der Waals surface area contributed by atoms with Crippen LogP contribution in [0.1, 0.15) is 16.8 Å². The molecule has 8 heteroatoms. The molecule has 152 valence electrons. The standard InChI is InChI=1S/C21H23Cl2N5O/c22-18-3-1-4-19(20(18)23)27-13-11-26(12-14-27)9-2-7-24-21(29)16-6-10-28-17(15-16)5-8-25-28/h1,3-6,8,10,15H,2,7,9,11-14H2,(H,24,29). The Hall–Kier alpha value is -2.28. The molecular formula is C21H23Cl2N5O. The van der Waals surface area contributed by atoms with E-state index in [4.69, 9.17) is 23.2 Å². The number of benzene rings is 1. The number of hydrogen-bond donors (Lipinski definition) is 1. The van der Waals surface area contributed by atoms with Crippen LogP contribution in [0.2, 0.25) is 10.0 Å². The van der Waals surface area contributed by atoms with E-state index < -0.39 is 0 Å². The van der Waals surface area contributed by atoms with Crippen LogP contribution in [0, 0.1) is 0 Å². The van der Waals surface area contributed by atoms with Crippen molar-refractivity contribution in [3.8, 4) is 0 Å². The fraction of sp³-hybridized carbons (Fsp3) is 0.333. The third-order valence-electron chi connectivity index (χ3n) is 5.24. The summed E-state index contributed by atoms with van der Waals surface area (Å²) < 4.78 is 1.74. The van der Waals surface area contributed by atoms with Gasteiger partial charge in [-0.3, -0.25) is 9.69 Å². The van der Waals surface area contributed by atoms with Gasteiger partial charge in [0.1, 0.15) is 0 Å². The van der Waals surface area contributed by atoms with Gasteiger partial charge in [-0.1, -0.05) is 29.3 Å². The second-order valence-corrected chi connectivity index (χ2v) is 7.91. The van der Waals surface area contributed by atoms with E-state index in [0.717, 1.165) is 50.3 Å². The summed E-state index contributed by atoms with van der Waals surface area (Å²) in [5.74, 6) is -0.0471. The minimum Gasteiger partial charge on any atom is -0.368 e. The van der Waals surface area contributed by atoms with Gasteiger partial charge in [0.2, 0.25) is 0 Å². The van der Waals surface area contributed by atoms with Crippen molar-refractivity contribution in [2.24, 2.45) is 0 Å². The van der Waals surface area contributed by atoms with Gasteiger partial charge in [-0.05, 0) is 43.3 Å². The Morgan fingerprint density at radius 2 is 1.93 bits per heavy atom. The van der Waals surface area contributed by atoms with Crippen LogP contribution in [0.25, 0.3) is 5.52 Å². The third kappa shape index (κ3) is 4.66. The van der Waals surface area contributed by atoms with Gasteiger partial charge < -0.3 is 10.2 Å². The highest BCUT2D eigenvalue weighted by Gasteiger charge is 2.19. The summed E-state index contributed by atoms with van der Waals surface area (Å²) in [6, 6.07) is 11.3. The lowest BCUT2D eigenvalue weighted by atomic mass is 10.2. The van der Waals surface area contributed by atoms with E-state index in [1.807, 2.05) is 30.3 Å². The van der Waals surface area contributed by atoms with Crippen LogP contribution in [-0.4, -0.2) is 59.7 Å². The molecule has 2 aromatic heterocycles. The van der Waals surface area contributed by atoms with E-state index in [9.17, 15) is 4.79 Å². The number of pyridine rings is 1. The molecular weight excluding hydrogens is 409 g/mol. The highest BCUT2D eigenvalue weighted by Crippen LogP contribution is 2.32. The van der Waals surface area contributed by atoms with Crippen molar-refractivity contribution >= 4 is 40.3 Å². The summed E-state index contributed by atoms with van der Waals surface area (Å²) in [7, 11) is 0. The number of aromatic nitrogens is 2. The predicted octanol–water partition coefficient (Wildman–Crippen LogP) is 3.58. The molecule has 1 amide bonds. The zero-order valence-corrected chi connectivity index (χ0v) is 17.5. The number of rotatable bonds is 6. The maximum atomic E-state index is 12.3. The minimum absolute atomic E-state index is 0.0471. The van der Waals surface area contributed by atoms with Gasteiger partial charge in [-0.2, -0.15) is 5.10 Å². The van der Waals surface area contributed by atoms with Crippen molar-refractivity contribution in [3.63, 3.8) is 0 Å². The summed E-state index contributed by atoms with van der Waals surface area (Å²) >= 11 is 12.5. The van der Waals surface area contributed by atoms with Crippen molar-refractivity contribution in [1.82, 2.24) is 19.8 Å². The normalized spacial score (nSPS) is 15.0. The fourth-order valence-corrected chi connectivity index (χ4v) is 4.03. The lowest BCUT2D eigenvalue weighted by Gasteiger charge is -2.36. The van der Waals surface area contributed by atoms with E-state index in [0.29, 0.717) is 22.2 Å². The molecule has 0 atom stereocenters. The van der Waals surface area contributed by atoms with E-state index in [1.165, 1.54) is 0 Å². The van der Waals surface area contributed by atoms with Gasteiger partial charge in [0, 0.05) is 50.7 Å². The first kappa shape index (κ1) is 20.0. The Balaban J connectivity index is 1.20. The smallest absolute Gasteiger partial charge is 0.251 e.